The van der Waals surface area contributed by atoms with Crippen molar-refractivity contribution in [2.75, 3.05) is 12.4 Å². The SMILES string of the molecule is O=S(=O)(CC1(F)OCCC12CCC2)NC1CC1. The number of halogens is 1. The van der Waals surface area contributed by atoms with Gasteiger partial charge in [0.2, 0.25) is 15.9 Å². The second-order valence-corrected chi connectivity index (χ2v) is 7.37. The summed E-state index contributed by atoms with van der Waals surface area (Å²) >= 11 is 0. The molecule has 1 atom stereocenters. The van der Waals surface area contributed by atoms with Crippen molar-refractivity contribution < 1.29 is 17.5 Å². The van der Waals surface area contributed by atoms with Crippen LogP contribution in [0.3, 0.4) is 0 Å². The van der Waals surface area contributed by atoms with E-state index in [4.69, 9.17) is 4.74 Å². The van der Waals surface area contributed by atoms with Crippen LogP contribution in [0.4, 0.5) is 4.39 Å². The molecule has 2 saturated carbocycles. The first-order valence-electron chi connectivity index (χ1n) is 6.28. The molecule has 0 radical (unpaired) electrons. The Labute approximate surface area is 101 Å². The van der Waals surface area contributed by atoms with Gasteiger partial charge in [0.25, 0.3) is 0 Å². The Morgan fingerprint density at radius 1 is 1.29 bits per heavy atom. The second-order valence-electron chi connectivity index (χ2n) is 5.61. The molecule has 17 heavy (non-hydrogen) atoms. The number of hydrogen-bond donors (Lipinski definition) is 1. The number of rotatable bonds is 4. The third-order valence-electron chi connectivity index (χ3n) is 4.31. The average molecular weight is 263 g/mol. The van der Waals surface area contributed by atoms with E-state index in [2.05, 4.69) is 4.72 Å². The Balaban J connectivity index is 1.74. The maximum Gasteiger partial charge on any atom is 0.230 e. The summed E-state index contributed by atoms with van der Waals surface area (Å²) in [5.41, 5.74) is -0.523. The quantitative estimate of drug-likeness (QED) is 0.832. The van der Waals surface area contributed by atoms with Gasteiger partial charge in [0.1, 0.15) is 5.75 Å². The van der Waals surface area contributed by atoms with Gasteiger partial charge >= 0.3 is 0 Å². The summed E-state index contributed by atoms with van der Waals surface area (Å²) < 4.78 is 46.1. The van der Waals surface area contributed by atoms with Crippen LogP contribution in [0.25, 0.3) is 0 Å². The summed E-state index contributed by atoms with van der Waals surface area (Å²) in [6.07, 6.45) is 4.87. The van der Waals surface area contributed by atoms with Gasteiger partial charge in [-0.1, -0.05) is 6.42 Å². The molecule has 0 bridgehead atoms. The number of sulfonamides is 1. The lowest BCUT2D eigenvalue weighted by Gasteiger charge is -2.45. The molecule has 1 heterocycles. The Morgan fingerprint density at radius 2 is 2.00 bits per heavy atom. The van der Waals surface area contributed by atoms with Crippen molar-refractivity contribution in [3.8, 4) is 0 Å². The van der Waals surface area contributed by atoms with E-state index in [0.717, 1.165) is 32.1 Å². The van der Waals surface area contributed by atoms with Gasteiger partial charge in [-0.15, -0.1) is 0 Å². The molecule has 98 valence electrons. The van der Waals surface area contributed by atoms with E-state index in [9.17, 15) is 12.8 Å². The highest BCUT2D eigenvalue weighted by molar-refractivity contribution is 7.89. The lowest BCUT2D eigenvalue weighted by atomic mass is 9.64. The number of nitrogens with one attached hydrogen (secondary N) is 1. The lowest BCUT2D eigenvalue weighted by Crippen LogP contribution is -2.52. The summed E-state index contributed by atoms with van der Waals surface area (Å²) in [4.78, 5) is 0. The van der Waals surface area contributed by atoms with Crippen LogP contribution >= 0.6 is 0 Å². The first-order valence-corrected chi connectivity index (χ1v) is 7.93. The summed E-state index contributed by atoms with van der Waals surface area (Å²) in [6, 6.07) is 0.0299. The van der Waals surface area contributed by atoms with Crippen LogP contribution in [0.5, 0.6) is 0 Å². The van der Waals surface area contributed by atoms with E-state index in [1.165, 1.54) is 0 Å². The topological polar surface area (TPSA) is 55.4 Å². The van der Waals surface area contributed by atoms with Gasteiger partial charge in [-0.25, -0.2) is 17.5 Å². The molecule has 1 unspecified atom stereocenters. The summed E-state index contributed by atoms with van der Waals surface area (Å²) in [7, 11) is -3.56. The van der Waals surface area contributed by atoms with Crippen LogP contribution in [-0.2, 0) is 14.8 Å². The minimum atomic E-state index is -3.56. The molecule has 3 rings (SSSR count). The summed E-state index contributed by atoms with van der Waals surface area (Å²) in [6.45, 7) is 0.343. The predicted octanol–water partition coefficient (Wildman–Crippen LogP) is 1.32. The minimum Gasteiger partial charge on any atom is -0.345 e. The van der Waals surface area contributed by atoms with Gasteiger partial charge in [-0.05, 0) is 32.1 Å². The lowest BCUT2D eigenvalue weighted by molar-refractivity contribution is -0.175. The maximum atomic E-state index is 14.7. The number of alkyl halides is 1. The fourth-order valence-corrected chi connectivity index (χ4v) is 4.62. The van der Waals surface area contributed by atoms with E-state index in [1.54, 1.807) is 0 Å². The molecule has 3 fully saturated rings. The molecule has 2 aliphatic carbocycles. The zero-order valence-electron chi connectivity index (χ0n) is 9.75. The monoisotopic (exact) mass is 263 g/mol. The number of hydrogen-bond acceptors (Lipinski definition) is 3. The fraction of sp³-hybridized carbons (Fsp3) is 1.00. The molecular formula is C11H18FNO3S. The molecule has 1 spiro atoms. The largest absolute Gasteiger partial charge is 0.345 e. The third kappa shape index (κ3) is 2.00. The molecule has 6 heteroatoms. The first-order chi connectivity index (χ1) is 7.95. The van der Waals surface area contributed by atoms with Gasteiger partial charge in [0, 0.05) is 11.5 Å². The van der Waals surface area contributed by atoms with Crippen molar-refractivity contribution in [1.82, 2.24) is 4.72 Å². The van der Waals surface area contributed by atoms with Crippen LogP contribution in [0.15, 0.2) is 0 Å². The molecule has 0 aromatic carbocycles. The molecule has 4 nitrogen and oxygen atoms in total. The Hall–Kier alpha value is -0.200. The van der Waals surface area contributed by atoms with Gasteiger partial charge in [-0.3, -0.25) is 0 Å². The Bertz CT molecular complexity index is 416. The highest BCUT2D eigenvalue weighted by atomic mass is 32.2. The van der Waals surface area contributed by atoms with Gasteiger partial charge < -0.3 is 4.74 Å². The highest BCUT2D eigenvalue weighted by Crippen LogP contribution is 2.58. The minimum absolute atomic E-state index is 0.0299. The zero-order valence-corrected chi connectivity index (χ0v) is 10.6. The van der Waals surface area contributed by atoms with E-state index in [-0.39, 0.29) is 6.04 Å². The number of ether oxygens (including phenoxy) is 1. The van der Waals surface area contributed by atoms with Crippen LogP contribution in [0.1, 0.15) is 38.5 Å². The fourth-order valence-electron chi connectivity index (χ4n) is 2.91. The molecular weight excluding hydrogens is 245 g/mol. The van der Waals surface area contributed by atoms with E-state index < -0.39 is 27.0 Å². The van der Waals surface area contributed by atoms with Crippen molar-refractivity contribution in [2.24, 2.45) is 5.41 Å². The molecule has 0 aromatic heterocycles. The highest BCUT2D eigenvalue weighted by Gasteiger charge is 2.62. The Kier molecular flexibility index (Phi) is 2.55. The summed E-state index contributed by atoms with van der Waals surface area (Å²) in [5, 5.41) is 0. The van der Waals surface area contributed by atoms with Crippen LogP contribution < -0.4 is 4.72 Å². The van der Waals surface area contributed by atoms with Gasteiger partial charge in [0.15, 0.2) is 0 Å². The van der Waals surface area contributed by atoms with Crippen LogP contribution in [0.2, 0.25) is 0 Å². The molecule has 3 aliphatic rings. The molecule has 1 aliphatic heterocycles. The second kappa shape index (κ2) is 3.65. The molecule has 1 N–H and O–H groups in total. The van der Waals surface area contributed by atoms with E-state index in [0.29, 0.717) is 13.0 Å². The Morgan fingerprint density at radius 3 is 2.53 bits per heavy atom. The van der Waals surface area contributed by atoms with Crippen LogP contribution in [-0.4, -0.2) is 32.7 Å². The van der Waals surface area contributed by atoms with Crippen molar-refractivity contribution in [3.63, 3.8) is 0 Å². The third-order valence-corrected chi connectivity index (χ3v) is 5.76. The first kappa shape index (κ1) is 11.9. The average Bonchev–Trinajstić information content (AvgIpc) is 2.84. The van der Waals surface area contributed by atoms with Gasteiger partial charge in [0.05, 0.1) is 6.61 Å². The van der Waals surface area contributed by atoms with Crippen LogP contribution in [0, 0.1) is 5.41 Å². The molecule has 1 saturated heterocycles. The molecule has 0 aromatic rings. The normalized spacial score (nSPS) is 36.1. The van der Waals surface area contributed by atoms with Crippen molar-refractivity contribution in [1.29, 1.82) is 0 Å². The van der Waals surface area contributed by atoms with E-state index >= 15 is 0 Å². The zero-order chi connectivity index (χ0) is 12.1. The summed E-state index contributed by atoms with van der Waals surface area (Å²) in [5.74, 6) is -2.50. The van der Waals surface area contributed by atoms with Gasteiger partial charge in [-0.2, -0.15) is 0 Å². The van der Waals surface area contributed by atoms with E-state index in [1.807, 2.05) is 0 Å². The molecule has 0 amide bonds. The smallest absolute Gasteiger partial charge is 0.230 e. The maximum absolute atomic E-state index is 14.7. The predicted molar refractivity (Wildman–Crippen MR) is 60.6 cm³/mol. The van der Waals surface area contributed by atoms with Crippen molar-refractivity contribution in [2.45, 2.75) is 50.4 Å². The van der Waals surface area contributed by atoms with Crippen molar-refractivity contribution >= 4 is 10.0 Å². The van der Waals surface area contributed by atoms with Crippen molar-refractivity contribution in [3.05, 3.63) is 0 Å². The standard InChI is InChI=1S/C11H18FNO3S/c12-11(8-17(14,15)13-9-2-3-9)10(4-1-5-10)6-7-16-11/h9,13H,1-8H2.